The minimum atomic E-state index is -2.84. The molecule has 6 fully saturated rings. The molecule has 1 saturated carbocycles. The van der Waals surface area contributed by atoms with Crippen molar-refractivity contribution in [3.8, 4) is 0 Å². The summed E-state index contributed by atoms with van der Waals surface area (Å²) in [5.74, 6) is 3.04. The van der Waals surface area contributed by atoms with Crippen LogP contribution in [-0.2, 0) is 43.3 Å². The second-order valence-electron chi connectivity index (χ2n) is 21.9. The predicted molar refractivity (Wildman–Crippen MR) is 280 cm³/mol. The van der Waals surface area contributed by atoms with Crippen molar-refractivity contribution >= 4 is 57.0 Å². The van der Waals surface area contributed by atoms with E-state index in [0.717, 1.165) is 104 Å². The van der Waals surface area contributed by atoms with E-state index in [9.17, 15) is 37.2 Å². The van der Waals surface area contributed by atoms with Gasteiger partial charge in [-0.25, -0.2) is 8.42 Å². The second-order valence-corrected chi connectivity index (χ2v) is 25.5. The van der Waals surface area contributed by atoms with Crippen molar-refractivity contribution in [1.29, 1.82) is 0 Å². The van der Waals surface area contributed by atoms with Crippen LogP contribution in [0.5, 0.6) is 0 Å². The molecule has 5 saturated heterocycles. The van der Waals surface area contributed by atoms with Crippen LogP contribution in [0.2, 0.25) is 0 Å². The van der Waals surface area contributed by atoms with E-state index >= 15 is 0 Å². The van der Waals surface area contributed by atoms with Crippen molar-refractivity contribution in [3.63, 3.8) is 0 Å². The summed E-state index contributed by atoms with van der Waals surface area (Å²) in [4.78, 5) is 67.1. The summed E-state index contributed by atoms with van der Waals surface area (Å²) in [7, 11) is -0.722. The molecule has 0 atom stereocenters. The van der Waals surface area contributed by atoms with Gasteiger partial charge < -0.3 is 46.9 Å². The fraction of sp³-hybridized carbons (Fsp3) is 0.880. The Kier molecular flexibility index (Phi) is 28.0. The van der Waals surface area contributed by atoms with Gasteiger partial charge in [0.25, 0.3) is 0 Å². The van der Waals surface area contributed by atoms with Crippen LogP contribution in [0, 0.1) is 0 Å². The van der Waals surface area contributed by atoms with E-state index in [1.165, 1.54) is 37.7 Å². The van der Waals surface area contributed by atoms with Gasteiger partial charge in [-0.2, -0.15) is 11.8 Å². The fourth-order valence-electron chi connectivity index (χ4n) is 9.36. The second kappa shape index (κ2) is 30.1. The molecule has 19 heteroatoms. The van der Waals surface area contributed by atoms with Crippen LogP contribution >= 0.6 is 11.8 Å². The Hall–Kier alpha value is -3.00. The average Bonchev–Trinajstić information content (AvgIpc) is 3.20. The number of thioether (sulfide) groups is 1. The third-order valence-electron chi connectivity index (χ3n) is 13.7. The van der Waals surface area contributed by atoms with Gasteiger partial charge in [0.1, 0.15) is 9.84 Å². The van der Waals surface area contributed by atoms with Crippen LogP contribution in [-0.4, -0.2) is 151 Å². The molecular weight excluding hydrogens is 921 g/mol. The van der Waals surface area contributed by atoms with E-state index in [0.29, 0.717) is 12.8 Å². The van der Waals surface area contributed by atoms with Gasteiger partial charge in [-0.15, -0.1) is 0 Å². The number of amides is 6. The van der Waals surface area contributed by atoms with E-state index < -0.39 is 9.84 Å². The van der Waals surface area contributed by atoms with Gasteiger partial charge in [0.15, 0.2) is 0 Å². The Balaban J connectivity index is 0.000000414. The molecule has 0 unspecified atom stereocenters. The Bertz CT molecular complexity index is 1560. The van der Waals surface area contributed by atoms with Crippen LogP contribution in [0.25, 0.3) is 0 Å². The Morgan fingerprint density at radius 3 is 1.12 bits per heavy atom. The highest BCUT2D eigenvalue weighted by molar-refractivity contribution is 7.99. The summed E-state index contributed by atoms with van der Waals surface area (Å²) >= 11 is 1.97. The molecule has 7 N–H and O–H groups in total. The topological polar surface area (TPSA) is 233 Å². The van der Waals surface area contributed by atoms with Crippen LogP contribution in [0.4, 0.5) is 0 Å². The highest BCUT2D eigenvalue weighted by Crippen LogP contribution is 2.28. The van der Waals surface area contributed by atoms with E-state index in [1.807, 2.05) is 18.7 Å². The zero-order chi connectivity index (χ0) is 52.6. The highest BCUT2D eigenvalue weighted by Gasteiger charge is 2.34. The predicted octanol–water partition coefficient (Wildman–Crippen LogP) is 4.91. The molecule has 6 aliphatic rings. The van der Waals surface area contributed by atoms with Gasteiger partial charge in [0, 0.05) is 101 Å². The van der Waals surface area contributed by atoms with Crippen molar-refractivity contribution in [3.05, 3.63) is 0 Å². The summed E-state index contributed by atoms with van der Waals surface area (Å²) in [6, 6.07) is 0. The molecule has 0 radical (unpaired) electrons. The summed E-state index contributed by atoms with van der Waals surface area (Å²) in [5.41, 5.74) is -0.0855. The van der Waals surface area contributed by atoms with E-state index in [-0.39, 0.29) is 80.2 Å². The molecule has 5 heterocycles. The molecule has 17 nitrogen and oxygen atoms in total. The zero-order valence-corrected chi connectivity index (χ0v) is 46.7. The number of carbonyl (C=O) groups excluding carboxylic acids is 6. The van der Waals surface area contributed by atoms with E-state index in [2.05, 4.69) is 83.8 Å². The zero-order valence-electron chi connectivity index (χ0n) is 45.1. The minimum Gasteiger partial charge on any atom is -0.381 e. The Labute approximate surface area is 421 Å². The maximum absolute atomic E-state index is 11.1. The number of rotatable bonds is 6. The number of piperidine rings is 2. The molecule has 402 valence electrons. The van der Waals surface area contributed by atoms with Crippen molar-refractivity contribution in [1.82, 2.24) is 42.1 Å². The van der Waals surface area contributed by atoms with Crippen LogP contribution in [0.3, 0.4) is 0 Å². The largest absolute Gasteiger partial charge is 0.381 e. The molecule has 0 aromatic carbocycles. The lowest BCUT2D eigenvalue weighted by atomic mass is 9.83. The van der Waals surface area contributed by atoms with Crippen molar-refractivity contribution in [2.75, 3.05) is 69.5 Å². The molecular formula is C50H96N8O9S2. The standard InChI is InChI=1S/C9H18N2O.C9H17NO.C8H16N2O.C8H15NO3S.C8H15NO2.C8H15NOS/c1-8(12)10-9(2)4-6-11(3)7-5-9;1-8(11)10-9(2)6-4-3-5-7-9;1-7(11)10-8(2)3-5-9-6-4-8;1-7(10)9-8(2)3-5-13(11,12)6-4-8;2*1-7(10)9-8(2)3-5-11-6-4-8/h4-7H2,1-3H3,(H,10,12);3-7H2,1-2H3,(H,10,11);9H,3-6H2,1-2H3,(H,10,11);3-6H2,1-2H3,(H,9,10);2*3-6H2,1-2H3,(H,9,10). The lowest BCUT2D eigenvalue weighted by molar-refractivity contribution is -0.122. The van der Waals surface area contributed by atoms with Gasteiger partial charge in [0.05, 0.1) is 11.5 Å². The number of likely N-dealkylation sites (tertiary alicyclic amines) is 1. The lowest BCUT2D eigenvalue weighted by Gasteiger charge is -2.38. The number of hydrogen-bond acceptors (Lipinski definition) is 12. The van der Waals surface area contributed by atoms with Gasteiger partial charge in [-0.05, 0) is 150 Å². The Morgan fingerprint density at radius 2 is 0.754 bits per heavy atom. The van der Waals surface area contributed by atoms with Gasteiger partial charge in [-0.1, -0.05) is 19.3 Å². The number of ether oxygens (including phenoxy) is 1. The third-order valence-corrected chi connectivity index (χ3v) is 16.4. The normalized spacial score (nSPS) is 23.3. The summed E-state index contributed by atoms with van der Waals surface area (Å²) < 4.78 is 27.4. The maximum atomic E-state index is 11.1. The number of nitrogens with zero attached hydrogens (tertiary/aromatic N) is 1. The first-order chi connectivity index (χ1) is 31.8. The number of carbonyl (C=O) groups is 6. The SMILES string of the molecule is CC(=O)NC1(C)CCCCC1.CC(=O)NC1(C)CCN(C)CC1.CC(=O)NC1(C)CCNCC1.CC(=O)NC1(C)CCOCC1.CC(=O)NC1(C)CCS(=O)(=O)CC1.CC(=O)NC1(C)CCSCC1. The minimum absolute atomic E-state index is 0.0237. The lowest BCUT2D eigenvalue weighted by Crippen LogP contribution is -2.52. The summed E-state index contributed by atoms with van der Waals surface area (Å²) in [6.45, 7) is 27.5. The first kappa shape index (κ1) is 64.0. The molecule has 0 aromatic rings. The van der Waals surface area contributed by atoms with Crippen LogP contribution < -0.4 is 37.2 Å². The smallest absolute Gasteiger partial charge is 0.217 e. The fourth-order valence-corrected chi connectivity index (χ4v) is 12.5. The quantitative estimate of drug-likeness (QED) is 0.188. The highest BCUT2D eigenvalue weighted by atomic mass is 32.2. The van der Waals surface area contributed by atoms with Crippen molar-refractivity contribution in [2.24, 2.45) is 0 Å². The number of hydrogen-bond donors (Lipinski definition) is 7. The van der Waals surface area contributed by atoms with E-state index in [4.69, 9.17) is 4.74 Å². The van der Waals surface area contributed by atoms with Gasteiger partial charge in [-0.3, -0.25) is 28.8 Å². The molecule has 0 spiro atoms. The first-order valence-electron chi connectivity index (χ1n) is 25.3. The third kappa shape index (κ3) is 29.8. The van der Waals surface area contributed by atoms with Crippen LogP contribution in [0.1, 0.15) is 179 Å². The average molecular weight is 1020 g/mol. The molecule has 0 aromatic heterocycles. The Morgan fingerprint density at radius 1 is 0.449 bits per heavy atom. The maximum Gasteiger partial charge on any atom is 0.217 e. The summed E-state index contributed by atoms with van der Waals surface area (Å²) in [6.07, 6.45) is 15.4. The van der Waals surface area contributed by atoms with Crippen molar-refractivity contribution < 1.29 is 41.9 Å². The molecule has 6 amide bonds. The van der Waals surface area contributed by atoms with Crippen molar-refractivity contribution in [2.45, 2.75) is 213 Å². The number of nitrogens with one attached hydrogen (secondary N) is 7. The first-order valence-corrected chi connectivity index (χ1v) is 28.3. The van der Waals surface area contributed by atoms with Gasteiger partial charge in [0.2, 0.25) is 35.4 Å². The molecule has 0 bridgehead atoms. The summed E-state index contributed by atoms with van der Waals surface area (Å²) in [5, 5.41) is 21.0. The van der Waals surface area contributed by atoms with E-state index in [1.54, 1.807) is 34.6 Å². The molecule has 69 heavy (non-hydrogen) atoms. The van der Waals surface area contributed by atoms with Crippen LogP contribution in [0.15, 0.2) is 0 Å². The monoisotopic (exact) mass is 1020 g/mol. The molecule has 1 aliphatic carbocycles. The number of sulfone groups is 1. The molecule has 6 rings (SSSR count). The molecule has 5 aliphatic heterocycles. The van der Waals surface area contributed by atoms with Gasteiger partial charge >= 0.3 is 0 Å².